The molecule has 1 aromatic carbocycles. The van der Waals surface area contributed by atoms with Gasteiger partial charge in [-0.1, -0.05) is 23.8 Å². The zero-order valence-electron chi connectivity index (χ0n) is 18.9. The molecule has 0 radical (unpaired) electrons. The van der Waals surface area contributed by atoms with Crippen LogP contribution in [-0.2, 0) is 15.9 Å². The predicted molar refractivity (Wildman–Crippen MR) is 124 cm³/mol. The third kappa shape index (κ3) is 4.69. The third-order valence-electron chi connectivity index (χ3n) is 6.41. The lowest BCUT2D eigenvalue weighted by Gasteiger charge is -2.25. The van der Waals surface area contributed by atoms with E-state index in [0.717, 1.165) is 80.6 Å². The molecule has 2 aliphatic heterocycles. The van der Waals surface area contributed by atoms with E-state index in [-0.39, 0.29) is 0 Å². The van der Waals surface area contributed by atoms with Gasteiger partial charge in [0, 0.05) is 44.5 Å². The van der Waals surface area contributed by atoms with Crippen LogP contribution in [0, 0.1) is 6.92 Å². The molecular formula is C25H31N5O2. The summed E-state index contributed by atoms with van der Waals surface area (Å²) in [7, 11) is 2.09. The number of benzene rings is 1. The van der Waals surface area contributed by atoms with Crippen LogP contribution in [0.1, 0.15) is 37.1 Å². The molecule has 32 heavy (non-hydrogen) atoms. The highest BCUT2D eigenvalue weighted by Crippen LogP contribution is 2.24. The summed E-state index contributed by atoms with van der Waals surface area (Å²) in [6.07, 6.45) is 7.34. The number of anilines is 1. The van der Waals surface area contributed by atoms with Gasteiger partial charge in [-0.2, -0.15) is 5.10 Å². The van der Waals surface area contributed by atoms with Crippen molar-refractivity contribution in [3.8, 4) is 17.1 Å². The second-order valence-electron chi connectivity index (χ2n) is 8.82. The molecule has 5 rings (SSSR count). The van der Waals surface area contributed by atoms with Crippen LogP contribution in [0.2, 0.25) is 0 Å². The van der Waals surface area contributed by atoms with Crippen molar-refractivity contribution in [3.63, 3.8) is 0 Å². The Morgan fingerprint density at radius 2 is 2.06 bits per heavy atom. The zero-order chi connectivity index (χ0) is 21.9. The van der Waals surface area contributed by atoms with Crippen molar-refractivity contribution in [2.45, 2.75) is 51.2 Å². The molecule has 0 aliphatic carbocycles. The van der Waals surface area contributed by atoms with E-state index in [2.05, 4.69) is 43.1 Å². The Kier molecular flexibility index (Phi) is 6.19. The van der Waals surface area contributed by atoms with Gasteiger partial charge in [0.1, 0.15) is 11.6 Å². The van der Waals surface area contributed by atoms with Crippen molar-refractivity contribution in [1.82, 2.24) is 19.7 Å². The van der Waals surface area contributed by atoms with E-state index in [4.69, 9.17) is 24.5 Å². The minimum atomic E-state index is 0.323. The highest BCUT2D eigenvalue weighted by atomic mass is 16.5. The molecule has 2 unspecified atom stereocenters. The van der Waals surface area contributed by atoms with E-state index in [1.165, 1.54) is 5.56 Å². The summed E-state index contributed by atoms with van der Waals surface area (Å²) >= 11 is 0. The molecule has 2 saturated heterocycles. The van der Waals surface area contributed by atoms with Crippen LogP contribution >= 0.6 is 0 Å². The lowest BCUT2D eigenvalue weighted by molar-refractivity contribution is 0.104. The molecule has 2 atom stereocenters. The van der Waals surface area contributed by atoms with E-state index < -0.39 is 0 Å². The Labute approximate surface area is 189 Å². The highest BCUT2D eigenvalue weighted by Gasteiger charge is 2.23. The highest BCUT2D eigenvalue weighted by molar-refractivity contribution is 5.60. The number of ether oxygens (including phenoxy) is 2. The molecule has 0 bridgehead atoms. The maximum atomic E-state index is 5.81. The summed E-state index contributed by atoms with van der Waals surface area (Å²) in [4.78, 5) is 12.0. The van der Waals surface area contributed by atoms with Gasteiger partial charge >= 0.3 is 0 Å². The van der Waals surface area contributed by atoms with E-state index in [0.29, 0.717) is 12.1 Å². The van der Waals surface area contributed by atoms with Crippen LogP contribution in [0.15, 0.2) is 42.6 Å². The van der Waals surface area contributed by atoms with Gasteiger partial charge in [0.05, 0.1) is 24.4 Å². The molecule has 0 N–H and O–H groups in total. The molecule has 0 spiro atoms. The van der Waals surface area contributed by atoms with Gasteiger partial charge in [0.2, 0.25) is 0 Å². The van der Waals surface area contributed by atoms with Crippen LogP contribution in [0.3, 0.4) is 0 Å². The average Bonchev–Trinajstić information content (AvgIpc) is 3.59. The Bertz CT molecular complexity index is 1050. The van der Waals surface area contributed by atoms with Crippen LogP contribution in [0.5, 0.6) is 0 Å². The van der Waals surface area contributed by atoms with Crippen molar-refractivity contribution < 1.29 is 9.47 Å². The minimum absolute atomic E-state index is 0.323. The number of rotatable bonds is 7. The standard InChI is InChI=1S/C25H31N5O2/c1-18-5-3-6-19(15-18)22-10-12-30(28-22)25-16-24(29(2)20-11-14-31-17-20)26-23(27-25)9-8-21-7-4-13-32-21/h3,5-6,10,12,15-16,20-21H,4,7-9,11,13-14,17H2,1-2H3. The van der Waals surface area contributed by atoms with E-state index in [1.54, 1.807) is 0 Å². The lowest BCUT2D eigenvalue weighted by atomic mass is 10.1. The molecule has 2 aliphatic rings. The Balaban J connectivity index is 1.44. The van der Waals surface area contributed by atoms with Gasteiger partial charge in [0.15, 0.2) is 5.82 Å². The van der Waals surface area contributed by atoms with Crippen molar-refractivity contribution >= 4 is 5.82 Å². The first kappa shape index (κ1) is 21.1. The molecule has 7 nitrogen and oxygen atoms in total. The molecule has 0 amide bonds. The van der Waals surface area contributed by atoms with Crippen LogP contribution < -0.4 is 4.90 Å². The number of likely N-dealkylation sites (N-methyl/N-ethyl adjacent to an activating group) is 1. The topological polar surface area (TPSA) is 65.3 Å². The summed E-state index contributed by atoms with van der Waals surface area (Å²) < 4.78 is 13.3. The Morgan fingerprint density at radius 3 is 2.84 bits per heavy atom. The molecule has 4 heterocycles. The summed E-state index contributed by atoms with van der Waals surface area (Å²) in [6, 6.07) is 12.8. The number of nitrogens with zero attached hydrogens (tertiary/aromatic N) is 5. The smallest absolute Gasteiger partial charge is 0.159 e. The molecule has 2 aromatic heterocycles. The quantitative estimate of drug-likeness (QED) is 0.562. The van der Waals surface area contributed by atoms with Gasteiger partial charge in [-0.3, -0.25) is 0 Å². The summed E-state index contributed by atoms with van der Waals surface area (Å²) in [5.41, 5.74) is 3.27. The van der Waals surface area contributed by atoms with Crippen molar-refractivity contribution in [2.75, 3.05) is 31.8 Å². The Morgan fingerprint density at radius 1 is 1.12 bits per heavy atom. The predicted octanol–water partition coefficient (Wildman–Crippen LogP) is 3.97. The SMILES string of the molecule is Cc1cccc(-c2ccn(-c3cc(N(C)C4CCOC4)nc(CCC4CCCO4)n3)n2)c1. The maximum Gasteiger partial charge on any atom is 0.159 e. The first-order valence-corrected chi connectivity index (χ1v) is 11.6. The van der Waals surface area contributed by atoms with Gasteiger partial charge in [-0.25, -0.2) is 14.6 Å². The minimum Gasteiger partial charge on any atom is -0.379 e. The third-order valence-corrected chi connectivity index (χ3v) is 6.41. The van der Waals surface area contributed by atoms with Crippen molar-refractivity contribution in [3.05, 3.63) is 54.0 Å². The molecule has 7 heteroatoms. The number of aromatic nitrogens is 4. The summed E-state index contributed by atoms with van der Waals surface area (Å²) in [6.45, 7) is 4.51. The largest absolute Gasteiger partial charge is 0.379 e. The second-order valence-corrected chi connectivity index (χ2v) is 8.82. The first-order valence-electron chi connectivity index (χ1n) is 11.6. The number of hydrogen-bond donors (Lipinski definition) is 0. The van der Waals surface area contributed by atoms with Gasteiger partial charge < -0.3 is 14.4 Å². The summed E-state index contributed by atoms with van der Waals surface area (Å²) in [5, 5.41) is 4.83. The second kappa shape index (κ2) is 9.38. The van der Waals surface area contributed by atoms with Crippen LogP contribution in [0.4, 0.5) is 5.82 Å². The average molecular weight is 434 g/mol. The summed E-state index contributed by atoms with van der Waals surface area (Å²) in [5.74, 6) is 2.55. The van der Waals surface area contributed by atoms with Gasteiger partial charge in [0.25, 0.3) is 0 Å². The monoisotopic (exact) mass is 433 g/mol. The van der Waals surface area contributed by atoms with E-state index >= 15 is 0 Å². The van der Waals surface area contributed by atoms with Crippen LogP contribution in [-0.4, -0.2) is 58.8 Å². The first-order chi connectivity index (χ1) is 15.7. The van der Waals surface area contributed by atoms with Gasteiger partial charge in [-0.05, 0) is 44.7 Å². The van der Waals surface area contributed by atoms with Gasteiger partial charge in [-0.15, -0.1) is 0 Å². The number of aryl methyl sites for hydroxylation is 2. The van der Waals surface area contributed by atoms with E-state index in [1.807, 2.05) is 23.0 Å². The van der Waals surface area contributed by atoms with Crippen molar-refractivity contribution in [2.24, 2.45) is 0 Å². The Hall–Kier alpha value is -2.77. The molecule has 2 fully saturated rings. The maximum absolute atomic E-state index is 5.81. The molecule has 0 saturated carbocycles. The fraction of sp³-hybridized carbons (Fsp3) is 0.480. The normalized spacial score (nSPS) is 20.7. The molecular weight excluding hydrogens is 402 g/mol. The van der Waals surface area contributed by atoms with E-state index in [9.17, 15) is 0 Å². The lowest BCUT2D eigenvalue weighted by Crippen LogP contribution is -2.33. The fourth-order valence-corrected chi connectivity index (χ4v) is 4.47. The fourth-order valence-electron chi connectivity index (χ4n) is 4.47. The van der Waals surface area contributed by atoms with Crippen molar-refractivity contribution in [1.29, 1.82) is 0 Å². The van der Waals surface area contributed by atoms with Crippen LogP contribution in [0.25, 0.3) is 17.1 Å². The molecule has 3 aromatic rings. The zero-order valence-corrected chi connectivity index (χ0v) is 18.9. The molecule has 168 valence electrons. The number of hydrogen-bond acceptors (Lipinski definition) is 6.